The fourth-order valence-corrected chi connectivity index (χ4v) is 3.53. The van der Waals surface area contributed by atoms with Gasteiger partial charge in [-0.25, -0.2) is 9.38 Å². The number of rotatable bonds is 10. The molecule has 2 aromatic rings. The maximum absolute atomic E-state index is 13.1. The summed E-state index contributed by atoms with van der Waals surface area (Å²) in [5.41, 5.74) is 8.34. The van der Waals surface area contributed by atoms with E-state index in [0.717, 1.165) is 56.3 Å². The summed E-state index contributed by atoms with van der Waals surface area (Å²) < 4.78 is 24.1. The molecular weight excluding hydrogens is 409 g/mol. The van der Waals surface area contributed by atoms with E-state index in [1.54, 1.807) is 7.11 Å². The van der Waals surface area contributed by atoms with Crippen molar-refractivity contribution in [3.05, 3.63) is 59.9 Å². The molecule has 0 atom stereocenters. The van der Waals surface area contributed by atoms with Gasteiger partial charge in [0.25, 0.3) is 0 Å². The third-order valence-corrected chi connectivity index (χ3v) is 5.54. The Morgan fingerprint density at radius 2 is 1.78 bits per heavy atom. The van der Waals surface area contributed by atoms with Gasteiger partial charge in [-0.1, -0.05) is 12.1 Å². The number of benzene rings is 2. The van der Waals surface area contributed by atoms with Crippen molar-refractivity contribution in [3.8, 4) is 5.75 Å². The van der Waals surface area contributed by atoms with Crippen LogP contribution in [0.3, 0.4) is 0 Å². The van der Waals surface area contributed by atoms with Gasteiger partial charge >= 0.3 is 0 Å². The van der Waals surface area contributed by atoms with E-state index in [4.69, 9.17) is 15.2 Å². The molecule has 1 aliphatic rings. The molecule has 0 spiro atoms. The van der Waals surface area contributed by atoms with E-state index in [0.29, 0.717) is 25.7 Å². The molecule has 0 unspecified atom stereocenters. The Labute approximate surface area is 190 Å². The van der Waals surface area contributed by atoms with Crippen LogP contribution < -0.4 is 15.4 Å². The summed E-state index contributed by atoms with van der Waals surface area (Å²) in [5.74, 6) is 1.17. The SMILES string of the molecule is COCCN(C)CCOc1cccc(CN=C(N)N2CCN(c3ccc(F)cc3)CC2)c1. The van der Waals surface area contributed by atoms with Gasteiger partial charge in [0.15, 0.2) is 5.96 Å². The number of aliphatic imine (C=N–C) groups is 1. The lowest BCUT2D eigenvalue weighted by atomic mass is 10.2. The standard InChI is InChI=1S/C24H34FN5O2/c1-28(14-16-31-2)15-17-32-23-5-3-4-20(18-23)19-27-24(26)30-12-10-29(11-13-30)22-8-6-21(25)7-9-22/h3-9,18H,10-17,19H2,1-2H3,(H2,26,27). The molecule has 0 aliphatic carbocycles. The molecule has 1 saturated heterocycles. The smallest absolute Gasteiger partial charge is 0.191 e. The molecule has 0 amide bonds. The van der Waals surface area contributed by atoms with Crippen LogP contribution in [0, 0.1) is 5.82 Å². The Morgan fingerprint density at radius 1 is 1.06 bits per heavy atom. The maximum atomic E-state index is 13.1. The van der Waals surface area contributed by atoms with Crippen LogP contribution in [0.1, 0.15) is 5.56 Å². The van der Waals surface area contributed by atoms with Crippen LogP contribution in [-0.4, -0.2) is 82.4 Å². The molecule has 174 valence electrons. The number of nitrogens with two attached hydrogens (primary N) is 1. The third kappa shape index (κ3) is 7.39. The van der Waals surface area contributed by atoms with Crippen LogP contribution in [0.5, 0.6) is 5.75 Å². The number of guanidine groups is 1. The fraction of sp³-hybridized carbons (Fsp3) is 0.458. The van der Waals surface area contributed by atoms with Crippen LogP contribution in [-0.2, 0) is 11.3 Å². The van der Waals surface area contributed by atoms with E-state index < -0.39 is 0 Å². The number of ether oxygens (including phenoxy) is 2. The monoisotopic (exact) mass is 443 g/mol. The van der Waals surface area contributed by atoms with Crippen molar-refractivity contribution in [1.29, 1.82) is 0 Å². The predicted molar refractivity (Wildman–Crippen MR) is 127 cm³/mol. The van der Waals surface area contributed by atoms with Crippen LogP contribution in [0.4, 0.5) is 10.1 Å². The van der Waals surface area contributed by atoms with Gasteiger partial charge in [-0.2, -0.15) is 0 Å². The van der Waals surface area contributed by atoms with Crippen LogP contribution >= 0.6 is 0 Å². The lowest BCUT2D eigenvalue weighted by Crippen LogP contribution is -2.51. The van der Waals surface area contributed by atoms with Crippen molar-refractivity contribution in [2.24, 2.45) is 10.7 Å². The highest BCUT2D eigenvalue weighted by molar-refractivity contribution is 5.78. The Morgan fingerprint density at radius 3 is 2.50 bits per heavy atom. The molecule has 2 N–H and O–H groups in total. The second-order valence-electron chi connectivity index (χ2n) is 7.92. The topological polar surface area (TPSA) is 66.6 Å². The lowest BCUT2D eigenvalue weighted by molar-refractivity contribution is 0.150. The zero-order valence-corrected chi connectivity index (χ0v) is 19.0. The van der Waals surface area contributed by atoms with Crippen molar-refractivity contribution in [2.75, 3.05) is 71.5 Å². The molecule has 8 heteroatoms. The van der Waals surface area contributed by atoms with Gasteiger partial charge in [0, 0.05) is 52.1 Å². The number of halogens is 1. The summed E-state index contributed by atoms with van der Waals surface area (Å²) in [6, 6.07) is 14.6. The third-order valence-electron chi connectivity index (χ3n) is 5.54. The fourth-order valence-electron chi connectivity index (χ4n) is 3.53. The van der Waals surface area contributed by atoms with E-state index in [-0.39, 0.29) is 5.82 Å². The minimum Gasteiger partial charge on any atom is -0.492 e. The first-order valence-electron chi connectivity index (χ1n) is 11.0. The predicted octanol–water partition coefficient (Wildman–Crippen LogP) is 2.42. The van der Waals surface area contributed by atoms with Crippen molar-refractivity contribution < 1.29 is 13.9 Å². The molecule has 3 rings (SSSR count). The quantitative estimate of drug-likeness (QED) is 0.449. The van der Waals surface area contributed by atoms with Gasteiger partial charge in [0.1, 0.15) is 18.2 Å². The number of likely N-dealkylation sites (N-methyl/N-ethyl adjacent to an activating group) is 1. The van der Waals surface area contributed by atoms with E-state index in [1.807, 2.05) is 36.4 Å². The van der Waals surface area contributed by atoms with Gasteiger partial charge < -0.3 is 29.9 Å². The highest BCUT2D eigenvalue weighted by atomic mass is 19.1. The minimum absolute atomic E-state index is 0.215. The highest BCUT2D eigenvalue weighted by Crippen LogP contribution is 2.17. The molecule has 2 aromatic carbocycles. The van der Waals surface area contributed by atoms with E-state index in [2.05, 4.69) is 26.7 Å². The Hall–Kier alpha value is -2.84. The average Bonchev–Trinajstić information content (AvgIpc) is 2.82. The van der Waals surface area contributed by atoms with Crippen molar-refractivity contribution >= 4 is 11.6 Å². The molecule has 1 aliphatic heterocycles. The Kier molecular flexibility index (Phi) is 9.13. The summed E-state index contributed by atoms with van der Waals surface area (Å²) in [6.45, 7) is 6.77. The Bertz CT molecular complexity index is 854. The second kappa shape index (κ2) is 12.3. The van der Waals surface area contributed by atoms with Crippen LogP contribution in [0.2, 0.25) is 0 Å². The molecule has 1 fully saturated rings. The van der Waals surface area contributed by atoms with Gasteiger partial charge in [-0.05, 0) is 49.0 Å². The summed E-state index contributed by atoms with van der Waals surface area (Å²) in [7, 11) is 3.76. The van der Waals surface area contributed by atoms with Crippen molar-refractivity contribution in [3.63, 3.8) is 0 Å². The molecule has 0 radical (unpaired) electrons. The van der Waals surface area contributed by atoms with Gasteiger partial charge in [-0.3, -0.25) is 0 Å². The zero-order chi connectivity index (χ0) is 22.8. The van der Waals surface area contributed by atoms with E-state index in [9.17, 15) is 4.39 Å². The Balaban J connectivity index is 1.44. The van der Waals surface area contributed by atoms with Crippen molar-refractivity contribution in [1.82, 2.24) is 9.80 Å². The summed E-state index contributed by atoms with van der Waals surface area (Å²) in [6.07, 6.45) is 0. The molecule has 0 bridgehead atoms. The molecular formula is C24H34FN5O2. The first-order chi connectivity index (χ1) is 15.5. The number of hydrogen-bond donors (Lipinski definition) is 1. The average molecular weight is 444 g/mol. The maximum Gasteiger partial charge on any atom is 0.191 e. The second-order valence-corrected chi connectivity index (χ2v) is 7.92. The molecule has 0 aromatic heterocycles. The van der Waals surface area contributed by atoms with Crippen LogP contribution in [0.15, 0.2) is 53.5 Å². The number of anilines is 1. The number of piperazine rings is 1. The first-order valence-corrected chi connectivity index (χ1v) is 11.0. The molecule has 1 heterocycles. The van der Waals surface area contributed by atoms with Crippen LogP contribution in [0.25, 0.3) is 0 Å². The minimum atomic E-state index is -0.215. The number of nitrogens with zero attached hydrogens (tertiary/aromatic N) is 4. The molecule has 7 nitrogen and oxygen atoms in total. The molecule has 0 saturated carbocycles. The number of hydrogen-bond acceptors (Lipinski definition) is 5. The van der Waals surface area contributed by atoms with Crippen molar-refractivity contribution in [2.45, 2.75) is 6.54 Å². The largest absolute Gasteiger partial charge is 0.492 e. The summed E-state index contributed by atoms with van der Waals surface area (Å²) in [4.78, 5) is 11.1. The summed E-state index contributed by atoms with van der Waals surface area (Å²) >= 11 is 0. The van der Waals surface area contributed by atoms with Gasteiger partial charge in [-0.15, -0.1) is 0 Å². The first kappa shape index (κ1) is 23.8. The van der Waals surface area contributed by atoms with Gasteiger partial charge in [0.05, 0.1) is 13.2 Å². The molecule has 32 heavy (non-hydrogen) atoms. The highest BCUT2D eigenvalue weighted by Gasteiger charge is 2.18. The summed E-state index contributed by atoms with van der Waals surface area (Å²) in [5, 5.41) is 0. The lowest BCUT2D eigenvalue weighted by Gasteiger charge is -2.36. The zero-order valence-electron chi connectivity index (χ0n) is 19.0. The van der Waals surface area contributed by atoms with E-state index in [1.165, 1.54) is 12.1 Å². The number of methoxy groups -OCH3 is 1. The van der Waals surface area contributed by atoms with E-state index >= 15 is 0 Å². The normalized spacial score (nSPS) is 14.8. The van der Waals surface area contributed by atoms with Gasteiger partial charge in [0.2, 0.25) is 0 Å².